The lowest BCUT2D eigenvalue weighted by Gasteiger charge is -2.15. The summed E-state index contributed by atoms with van der Waals surface area (Å²) >= 11 is 6.16. The van der Waals surface area contributed by atoms with Crippen molar-refractivity contribution >= 4 is 11.6 Å². The molecule has 0 spiro atoms. The molecule has 0 bridgehead atoms. The first-order chi connectivity index (χ1) is 10.0. The van der Waals surface area contributed by atoms with Crippen molar-refractivity contribution in [2.45, 2.75) is 46.5 Å². The molecule has 4 nitrogen and oxygen atoms in total. The van der Waals surface area contributed by atoms with Gasteiger partial charge in [0.25, 0.3) is 0 Å². The van der Waals surface area contributed by atoms with E-state index in [1.807, 2.05) is 36.7 Å². The summed E-state index contributed by atoms with van der Waals surface area (Å²) in [5.41, 5.74) is 3.98. The van der Waals surface area contributed by atoms with Gasteiger partial charge in [0, 0.05) is 12.6 Å². The van der Waals surface area contributed by atoms with Crippen molar-refractivity contribution in [1.29, 1.82) is 0 Å². The Hall–Kier alpha value is -1.36. The van der Waals surface area contributed by atoms with Crippen LogP contribution in [-0.4, -0.2) is 20.9 Å². The lowest BCUT2D eigenvalue weighted by Crippen LogP contribution is -2.30. The molecule has 0 radical (unpaired) electrons. The summed E-state index contributed by atoms with van der Waals surface area (Å²) < 4.78 is 1.94. The molecule has 1 unspecified atom stereocenters. The van der Waals surface area contributed by atoms with E-state index >= 15 is 0 Å². The molecule has 1 aromatic carbocycles. The summed E-state index contributed by atoms with van der Waals surface area (Å²) in [6.45, 7) is 7.65. The second-order valence-electron chi connectivity index (χ2n) is 5.43. The van der Waals surface area contributed by atoms with Gasteiger partial charge in [0.2, 0.25) is 0 Å². The van der Waals surface area contributed by atoms with Crippen LogP contribution < -0.4 is 5.32 Å². The zero-order chi connectivity index (χ0) is 15.4. The highest BCUT2D eigenvalue weighted by Crippen LogP contribution is 2.19. The number of hydrogen-bond donors (Lipinski definition) is 2. The fourth-order valence-corrected chi connectivity index (χ4v) is 2.44. The van der Waals surface area contributed by atoms with E-state index in [0.29, 0.717) is 0 Å². The average molecular weight is 308 g/mol. The molecular formula is C16H22ClN3O. The minimum Gasteiger partial charge on any atom is -0.392 e. The maximum absolute atomic E-state index is 9.15. The summed E-state index contributed by atoms with van der Waals surface area (Å²) in [7, 11) is 0. The molecule has 0 aliphatic heterocycles. The van der Waals surface area contributed by atoms with Gasteiger partial charge in [0.1, 0.15) is 0 Å². The topological polar surface area (TPSA) is 50.1 Å². The molecule has 5 heteroatoms. The van der Waals surface area contributed by atoms with Gasteiger partial charge in [-0.3, -0.25) is 4.68 Å². The maximum atomic E-state index is 9.15. The van der Waals surface area contributed by atoms with E-state index in [1.54, 1.807) is 0 Å². The van der Waals surface area contributed by atoms with Gasteiger partial charge in [-0.15, -0.1) is 0 Å². The van der Waals surface area contributed by atoms with Gasteiger partial charge in [0.15, 0.2) is 0 Å². The molecule has 2 aromatic rings. The zero-order valence-electron chi connectivity index (χ0n) is 12.7. The number of benzene rings is 1. The summed E-state index contributed by atoms with van der Waals surface area (Å²) in [6.07, 6.45) is 0. The van der Waals surface area contributed by atoms with Crippen LogP contribution in [-0.2, 0) is 19.7 Å². The van der Waals surface area contributed by atoms with Crippen LogP contribution in [0.2, 0.25) is 5.02 Å². The predicted molar refractivity (Wildman–Crippen MR) is 85.4 cm³/mol. The highest BCUT2D eigenvalue weighted by atomic mass is 35.5. The first-order valence-corrected chi connectivity index (χ1v) is 7.50. The molecule has 0 fully saturated rings. The molecule has 1 aromatic heterocycles. The van der Waals surface area contributed by atoms with Crippen molar-refractivity contribution < 1.29 is 5.11 Å². The molecule has 2 rings (SSSR count). The smallest absolute Gasteiger partial charge is 0.0844 e. The number of nitrogens with zero attached hydrogens (tertiary/aromatic N) is 2. The third-order valence-corrected chi connectivity index (χ3v) is 4.12. The van der Waals surface area contributed by atoms with Crippen molar-refractivity contribution in [2.24, 2.45) is 0 Å². The largest absolute Gasteiger partial charge is 0.392 e. The first kappa shape index (κ1) is 16.0. The number of rotatable bonds is 6. The Balaban J connectivity index is 1.92. The van der Waals surface area contributed by atoms with E-state index in [4.69, 9.17) is 16.7 Å². The van der Waals surface area contributed by atoms with E-state index in [-0.39, 0.29) is 12.6 Å². The minimum atomic E-state index is 0.0770. The first-order valence-electron chi connectivity index (χ1n) is 7.12. The lowest BCUT2D eigenvalue weighted by atomic mass is 10.1. The normalized spacial score (nSPS) is 12.6. The Morgan fingerprint density at radius 2 is 2.05 bits per heavy atom. The maximum Gasteiger partial charge on any atom is 0.0844 e. The van der Waals surface area contributed by atoms with Crippen molar-refractivity contribution in [3.63, 3.8) is 0 Å². The highest BCUT2D eigenvalue weighted by molar-refractivity contribution is 6.31. The van der Waals surface area contributed by atoms with Gasteiger partial charge in [-0.25, -0.2) is 0 Å². The molecule has 114 valence electrons. The van der Waals surface area contributed by atoms with Crippen LogP contribution in [0.1, 0.15) is 29.4 Å². The van der Waals surface area contributed by atoms with E-state index in [9.17, 15) is 0 Å². The number of aryl methyl sites for hydroxylation is 1. The molecular weight excluding hydrogens is 286 g/mol. The van der Waals surface area contributed by atoms with Gasteiger partial charge in [-0.2, -0.15) is 5.10 Å². The summed E-state index contributed by atoms with van der Waals surface area (Å²) in [6, 6.07) is 8.23. The molecule has 2 N–H and O–H groups in total. The molecule has 1 atom stereocenters. The lowest BCUT2D eigenvalue weighted by molar-refractivity contribution is 0.281. The van der Waals surface area contributed by atoms with E-state index in [0.717, 1.165) is 35.1 Å². The second-order valence-corrected chi connectivity index (χ2v) is 5.80. The van der Waals surface area contributed by atoms with E-state index in [2.05, 4.69) is 23.4 Å². The fraction of sp³-hybridized carbons (Fsp3) is 0.438. The average Bonchev–Trinajstić information content (AvgIpc) is 2.72. The van der Waals surface area contributed by atoms with Gasteiger partial charge in [-0.05, 0) is 31.9 Å². The third kappa shape index (κ3) is 4.06. The van der Waals surface area contributed by atoms with Crippen molar-refractivity contribution in [1.82, 2.24) is 15.1 Å². The Morgan fingerprint density at radius 1 is 1.33 bits per heavy atom. The Bertz CT molecular complexity index is 610. The number of aliphatic hydroxyl groups excluding tert-OH is 1. The van der Waals surface area contributed by atoms with Gasteiger partial charge < -0.3 is 10.4 Å². The standard InChI is InChI=1S/C16H22ClN3O/c1-11(9-20-13(3)16(17)12(2)19-20)18-8-14-5-4-6-15(7-14)10-21/h4-7,11,18,21H,8-10H2,1-3H3. The quantitative estimate of drug-likeness (QED) is 0.863. The number of hydrogen-bond acceptors (Lipinski definition) is 3. The number of halogens is 1. The van der Waals surface area contributed by atoms with Gasteiger partial charge in [-0.1, -0.05) is 35.9 Å². The van der Waals surface area contributed by atoms with Crippen LogP contribution in [0.25, 0.3) is 0 Å². The predicted octanol–water partition coefficient (Wildman–Crippen LogP) is 2.82. The van der Waals surface area contributed by atoms with Crippen LogP contribution in [0.15, 0.2) is 24.3 Å². The molecule has 0 aliphatic rings. The van der Waals surface area contributed by atoms with Crippen molar-refractivity contribution in [3.05, 3.63) is 51.8 Å². The third-order valence-electron chi connectivity index (χ3n) is 3.57. The van der Waals surface area contributed by atoms with Crippen LogP contribution in [0.5, 0.6) is 0 Å². The van der Waals surface area contributed by atoms with Crippen LogP contribution in [0.3, 0.4) is 0 Å². The van der Waals surface area contributed by atoms with E-state index < -0.39 is 0 Å². The molecule has 21 heavy (non-hydrogen) atoms. The fourth-order valence-electron chi connectivity index (χ4n) is 2.31. The highest BCUT2D eigenvalue weighted by Gasteiger charge is 2.11. The molecule has 0 aliphatic carbocycles. The number of aromatic nitrogens is 2. The summed E-state index contributed by atoms with van der Waals surface area (Å²) in [5, 5.41) is 17.8. The van der Waals surface area contributed by atoms with Gasteiger partial charge in [0.05, 0.1) is 29.6 Å². The Kier molecular flexibility index (Phi) is 5.39. The minimum absolute atomic E-state index is 0.0770. The monoisotopic (exact) mass is 307 g/mol. The Morgan fingerprint density at radius 3 is 2.67 bits per heavy atom. The Labute approximate surface area is 130 Å². The molecule has 0 saturated carbocycles. The number of nitrogens with one attached hydrogen (secondary N) is 1. The zero-order valence-corrected chi connectivity index (χ0v) is 13.5. The van der Waals surface area contributed by atoms with Crippen LogP contribution in [0, 0.1) is 13.8 Å². The number of aliphatic hydroxyl groups is 1. The van der Waals surface area contributed by atoms with Crippen LogP contribution in [0.4, 0.5) is 0 Å². The van der Waals surface area contributed by atoms with Crippen molar-refractivity contribution in [3.8, 4) is 0 Å². The summed E-state index contributed by atoms with van der Waals surface area (Å²) in [5.74, 6) is 0. The molecule has 1 heterocycles. The van der Waals surface area contributed by atoms with Gasteiger partial charge >= 0.3 is 0 Å². The summed E-state index contributed by atoms with van der Waals surface area (Å²) in [4.78, 5) is 0. The SMILES string of the molecule is Cc1nn(CC(C)NCc2cccc(CO)c2)c(C)c1Cl. The molecule has 0 amide bonds. The van der Waals surface area contributed by atoms with E-state index in [1.165, 1.54) is 5.56 Å². The second kappa shape index (κ2) is 7.07. The van der Waals surface area contributed by atoms with Crippen molar-refractivity contribution in [2.75, 3.05) is 0 Å². The molecule has 0 saturated heterocycles. The van der Waals surface area contributed by atoms with Crippen LogP contribution >= 0.6 is 11.6 Å².